The van der Waals surface area contributed by atoms with E-state index in [1.165, 1.54) is 11.8 Å². The maximum absolute atomic E-state index is 13.0. The number of halogens is 1. The molecule has 1 N–H and O–H groups in total. The molecule has 0 fully saturated rings. The van der Waals surface area contributed by atoms with Crippen molar-refractivity contribution in [2.45, 2.75) is 32.9 Å². The normalized spacial score (nSPS) is 10.8. The third-order valence-corrected chi connectivity index (χ3v) is 3.03. The Morgan fingerprint density at radius 2 is 2.21 bits per heavy atom. The van der Waals surface area contributed by atoms with Gasteiger partial charge in [0.25, 0.3) is 0 Å². The van der Waals surface area contributed by atoms with Gasteiger partial charge in [-0.25, -0.2) is 4.39 Å². The maximum atomic E-state index is 13.0. The van der Waals surface area contributed by atoms with Crippen LogP contribution in [-0.2, 0) is 19.5 Å². The molecule has 0 unspecified atom stereocenters. The second kappa shape index (κ2) is 7.04. The summed E-state index contributed by atoms with van der Waals surface area (Å²) in [4.78, 5) is 0. The minimum Gasteiger partial charge on any atom is -0.311 e. The van der Waals surface area contributed by atoms with Gasteiger partial charge in [0.15, 0.2) is 0 Å². The highest BCUT2D eigenvalue weighted by Crippen LogP contribution is 2.04. The molecule has 0 bridgehead atoms. The van der Waals surface area contributed by atoms with Crippen molar-refractivity contribution >= 4 is 0 Å². The van der Waals surface area contributed by atoms with Gasteiger partial charge in [-0.1, -0.05) is 19.1 Å². The Labute approximate surface area is 113 Å². The van der Waals surface area contributed by atoms with Crippen LogP contribution >= 0.6 is 0 Å². The molecule has 0 amide bonds. The Balaban J connectivity index is 1.76. The Morgan fingerprint density at radius 1 is 1.32 bits per heavy atom. The van der Waals surface area contributed by atoms with Gasteiger partial charge in [0.1, 0.15) is 5.82 Å². The van der Waals surface area contributed by atoms with Crippen molar-refractivity contribution in [3.8, 4) is 0 Å². The second-order valence-corrected chi connectivity index (χ2v) is 4.60. The highest BCUT2D eigenvalue weighted by atomic mass is 19.1. The molecule has 2 aromatic rings. The molecule has 102 valence electrons. The van der Waals surface area contributed by atoms with E-state index in [0.717, 1.165) is 38.0 Å². The minimum atomic E-state index is -0.168. The summed E-state index contributed by atoms with van der Waals surface area (Å²) in [7, 11) is 0. The Bertz CT molecular complexity index is 508. The van der Waals surface area contributed by atoms with Crippen molar-refractivity contribution in [1.29, 1.82) is 0 Å². The first kappa shape index (κ1) is 13.7. The van der Waals surface area contributed by atoms with Crippen molar-refractivity contribution in [2.75, 3.05) is 6.54 Å². The highest BCUT2D eigenvalue weighted by Gasteiger charge is 2.01. The lowest BCUT2D eigenvalue weighted by Crippen LogP contribution is -2.19. The smallest absolute Gasteiger partial charge is 0.123 e. The molecule has 0 saturated heterocycles. The molecule has 4 heteroatoms. The van der Waals surface area contributed by atoms with Gasteiger partial charge in [-0.3, -0.25) is 4.68 Å². The van der Waals surface area contributed by atoms with Crippen LogP contribution in [0.1, 0.15) is 24.6 Å². The minimum absolute atomic E-state index is 0.168. The molecule has 0 aliphatic heterocycles. The standard InChI is InChI=1S/C15H20FN3/c1-2-10-19-15(7-9-18-19)12-17-8-6-13-4-3-5-14(16)11-13/h3-5,7,9,11,17H,2,6,8,10,12H2,1H3. The number of aryl methyl sites for hydroxylation is 1. The van der Waals surface area contributed by atoms with E-state index in [9.17, 15) is 4.39 Å². The van der Waals surface area contributed by atoms with E-state index in [1.807, 2.05) is 23.0 Å². The molecule has 1 aromatic carbocycles. The summed E-state index contributed by atoms with van der Waals surface area (Å²) in [6.45, 7) is 4.73. The summed E-state index contributed by atoms with van der Waals surface area (Å²) in [5, 5.41) is 7.65. The summed E-state index contributed by atoms with van der Waals surface area (Å²) < 4.78 is 15.0. The van der Waals surface area contributed by atoms with Crippen LogP contribution in [0.15, 0.2) is 36.5 Å². The van der Waals surface area contributed by atoms with Gasteiger partial charge < -0.3 is 5.32 Å². The zero-order valence-corrected chi connectivity index (χ0v) is 11.3. The summed E-state index contributed by atoms with van der Waals surface area (Å²) in [6, 6.07) is 8.79. The Hall–Kier alpha value is -1.68. The van der Waals surface area contributed by atoms with Crippen LogP contribution in [0.2, 0.25) is 0 Å². The molecular weight excluding hydrogens is 241 g/mol. The summed E-state index contributed by atoms with van der Waals surface area (Å²) in [5.74, 6) is -0.168. The SMILES string of the molecule is CCCn1nccc1CNCCc1cccc(F)c1. The Kier molecular flexibility index (Phi) is 5.10. The summed E-state index contributed by atoms with van der Waals surface area (Å²) >= 11 is 0. The molecule has 0 radical (unpaired) electrons. The molecule has 0 saturated carbocycles. The lowest BCUT2D eigenvalue weighted by atomic mass is 10.1. The van der Waals surface area contributed by atoms with Crippen LogP contribution < -0.4 is 5.32 Å². The van der Waals surface area contributed by atoms with E-state index in [4.69, 9.17) is 0 Å². The Morgan fingerprint density at radius 3 is 3.00 bits per heavy atom. The average Bonchev–Trinajstić information content (AvgIpc) is 2.83. The van der Waals surface area contributed by atoms with Gasteiger partial charge in [-0.2, -0.15) is 5.10 Å². The fraction of sp³-hybridized carbons (Fsp3) is 0.400. The van der Waals surface area contributed by atoms with Crippen molar-refractivity contribution < 1.29 is 4.39 Å². The van der Waals surface area contributed by atoms with Gasteiger partial charge >= 0.3 is 0 Å². The van der Waals surface area contributed by atoms with Crippen molar-refractivity contribution in [1.82, 2.24) is 15.1 Å². The average molecular weight is 261 g/mol. The molecule has 0 aliphatic carbocycles. The summed E-state index contributed by atoms with van der Waals surface area (Å²) in [6.07, 6.45) is 3.75. The number of rotatable bonds is 7. The van der Waals surface area contributed by atoms with Crippen LogP contribution in [0.25, 0.3) is 0 Å². The number of nitrogens with zero attached hydrogens (tertiary/aromatic N) is 2. The first-order valence-electron chi connectivity index (χ1n) is 6.75. The van der Waals surface area contributed by atoms with Crippen molar-refractivity contribution in [3.05, 3.63) is 53.6 Å². The van der Waals surface area contributed by atoms with Crippen molar-refractivity contribution in [3.63, 3.8) is 0 Å². The van der Waals surface area contributed by atoms with E-state index in [2.05, 4.69) is 17.3 Å². The molecule has 0 aliphatic rings. The second-order valence-electron chi connectivity index (χ2n) is 4.60. The zero-order chi connectivity index (χ0) is 13.5. The van der Waals surface area contributed by atoms with E-state index < -0.39 is 0 Å². The van der Waals surface area contributed by atoms with Crippen LogP contribution in [0, 0.1) is 5.82 Å². The monoisotopic (exact) mass is 261 g/mol. The largest absolute Gasteiger partial charge is 0.311 e. The van der Waals surface area contributed by atoms with Gasteiger partial charge in [-0.05, 0) is 43.1 Å². The molecule has 3 nitrogen and oxygen atoms in total. The van der Waals surface area contributed by atoms with E-state index in [1.54, 1.807) is 12.1 Å². The molecule has 0 spiro atoms. The fourth-order valence-electron chi connectivity index (χ4n) is 2.07. The predicted molar refractivity (Wildman–Crippen MR) is 74.3 cm³/mol. The van der Waals surface area contributed by atoms with Crippen LogP contribution in [0.5, 0.6) is 0 Å². The topological polar surface area (TPSA) is 29.9 Å². The lowest BCUT2D eigenvalue weighted by Gasteiger charge is -2.08. The molecular formula is C15H20FN3. The maximum Gasteiger partial charge on any atom is 0.123 e. The molecule has 1 heterocycles. The van der Waals surface area contributed by atoms with Crippen LogP contribution in [0.3, 0.4) is 0 Å². The molecule has 19 heavy (non-hydrogen) atoms. The molecule has 1 aromatic heterocycles. The van der Waals surface area contributed by atoms with Crippen LogP contribution in [-0.4, -0.2) is 16.3 Å². The summed E-state index contributed by atoms with van der Waals surface area (Å²) in [5.41, 5.74) is 2.22. The van der Waals surface area contributed by atoms with Gasteiger partial charge in [0.2, 0.25) is 0 Å². The number of hydrogen-bond donors (Lipinski definition) is 1. The van der Waals surface area contributed by atoms with Gasteiger partial charge in [-0.15, -0.1) is 0 Å². The lowest BCUT2D eigenvalue weighted by molar-refractivity contribution is 0.550. The fourth-order valence-corrected chi connectivity index (χ4v) is 2.07. The molecule has 0 atom stereocenters. The van der Waals surface area contributed by atoms with Crippen molar-refractivity contribution in [2.24, 2.45) is 0 Å². The third kappa shape index (κ3) is 4.17. The number of aromatic nitrogens is 2. The highest BCUT2D eigenvalue weighted by molar-refractivity contribution is 5.16. The zero-order valence-electron chi connectivity index (χ0n) is 11.3. The third-order valence-electron chi connectivity index (χ3n) is 3.03. The molecule has 2 rings (SSSR count). The first-order valence-corrected chi connectivity index (χ1v) is 6.75. The van der Waals surface area contributed by atoms with Gasteiger partial charge in [0, 0.05) is 19.3 Å². The quantitative estimate of drug-likeness (QED) is 0.777. The number of nitrogens with one attached hydrogen (secondary N) is 1. The van der Waals surface area contributed by atoms with Gasteiger partial charge in [0.05, 0.1) is 5.69 Å². The number of benzene rings is 1. The predicted octanol–water partition coefficient (Wildman–Crippen LogP) is 2.76. The van der Waals surface area contributed by atoms with E-state index >= 15 is 0 Å². The first-order chi connectivity index (χ1) is 9.29. The van der Waals surface area contributed by atoms with Crippen LogP contribution in [0.4, 0.5) is 4.39 Å². The number of hydrogen-bond acceptors (Lipinski definition) is 2. The van der Waals surface area contributed by atoms with E-state index in [0.29, 0.717) is 0 Å². The van der Waals surface area contributed by atoms with E-state index in [-0.39, 0.29) is 5.82 Å².